The van der Waals surface area contributed by atoms with Crippen LogP contribution in [0.5, 0.6) is 0 Å². The molecule has 2 aromatic heterocycles. The van der Waals surface area contributed by atoms with Gasteiger partial charge in [-0.3, -0.25) is 19.2 Å². The predicted octanol–water partition coefficient (Wildman–Crippen LogP) is 4.34. The maximum atomic E-state index is 14.3. The predicted molar refractivity (Wildman–Crippen MR) is 196 cm³/mol. The zero-order valence-electron chi connectivity index (χ0n) is 28.5. The Balaban J connectivity index is 1.02. The summed E-state index contributed by atoms with van der Waals surface area (Å²) >= 11 is 0. The van der Waals surface area contributed by atoms with Crippen molar-refractivity contribution in [3.8, 4) is 5.69 Å². The van der Waals surface area contributed by atoms with E-state index in [9.17, 15) is 19.2 Å². The molecular formula is C40H37N7O5. The topological polar surface area (TPSA) is 134 Å². The summed E-state index contributed by atoms with van der Waals surface area (Å²) in [7, 11) is 0. The maximum Gasteiger partial charge on any atom is 0.287 e. The van der Waals surface area contributed by atoms with Crippen LogP contribution >= 0.6 is 0 Å². The van der Waals surface area contributed by atoms with Crippen LogP contribution in [0.4, 0.5) is 5.69 Å². The summed E-state index contributed by atoms with van der Waals surface area (Å²) in [4.78, 5) is 63.5. The minimum Gasteiger partial charge on any atom is -0.451 e. The number of likely N-dealkylation sites (tertiary alicyclic amines) is 1. The van der Waals surface area contributed by atoms with Crippen molar-refractivity contribution in [3.63, 3.8) is 0 Å². The van der Waals surface area contributed by atoms with E-state index in [1.807, 2.05) is 59.5 Å². The van der Waals surface area contributed by atoms with E-state index in [-0.39, 0.29) is 29.6 Å². The second-order valence-corrected chi connectivity index (χ2v) is 13.3. The van der Waals surface area contributed by atoms with Gasteiger partial charge < -0.3 is 24.4 Å². The number of carbonyl (C=O) groups excluding carboxylic acids is 3. The second-order valence-electron chi connectivity index (χ2n) is 13.3. The molecule has 3 amide bonds. The van der Waals surface area contributed by atoms with E-state index in [1.54, 1.807) is 23.1 Å². The van der Waals surface area contributed by atoms with E-state index in [4.69, 9.17) is 4.42 Å². The van der Waals surface area contributed by atoms with Crippen LogP contribution in [0, 0.1) is 0 Å². The van der Waals surface area contributed by atoms with Crippen LogP contribution in [-0.4, -0.2) is 81.1 Å². The minimum absolute atomic E-state index is 0.180. The molecule has 0 radical (unpaired) electrons. The summed E-state index contributed by atoms with van der Waals surface area (Å²) in [6.07, 6.45) is 4.65. The quantitative estimate of drug-likeness (QED) is 0.236. The third-order valence-corrected chi connectivity index (χ3v) is 9.93. The molecule has 2 saturated heterocycles. The highest BCUT2D eigenvalue weighted by Crippen LogP contribution is 2.26. The smallest absolute Gasteiger partial charge is 0.287 e. The number of anilines is 1. The van der Waals surface area contributed by atoms with Gasteiger partial charge in [0, 0.05) is 63.9 Å². The first-order valence-corrected chi connectivity index (χ1v) is 17.5. The Bertz CT molecular complexity index is 2350. The first-order chi connectivity index (χ1) is 25.4. The van der Waals surface area contributed by atoms with Gasteiger partial charge in [0.15, 0.2) is 11.2 Å². The molecule has 0 saturated carbocycles. The molecule has 4 heterocycles. The number of carbonyl (C=O) groups is 3. The standard InChI is InChI=1S/C40H37N7O5/c48-35-23-37(52-36-14-13-31(22-32(35)36)47-26-41-25-42-47)39(50)43-33(21-27-11-12-28-6-1-2-7-29(28)20-27)40(51)45-18-16-44(17-19-45)34-9-4-3-8-30(34)24-46-15-5-10-38(46)49/h1-4,6-9,11-14,20,22-23,25-26,33H,5,10,15-19,21,24H2,(H,43,50)/t33-/m1/s1. The van der Waals surface area contributed by atoms with Crippen molar-refractivity contribution in [1.29, 1.82) is 0 Å². The van der Waals surface area contributed by atoms with Gasteiger partial charge in [0.25, 0.3) is 5.91 Å². The van der Waals surface area contributed by atoms with Crippen LogP contribution in [0.15, 0.2) is 113 Å². The Morgan fingerprint density at radius 1 is 0.846 bits per heavy atom. The highest BCUT2D eigenvalue weighted by molar-refractivity contribution is 5.97. The van der Waals surface area contributed by atoms with Gasteiger partial charge in [-0.1, -0.05) is 60.7 Å². The van der Waals surface area contributed by atoms with Crippen molar-refractivity contribution in [3.05, 3.63) is 131 Å². The van der Waals surface area contributed by atoms with Gasteiger partial charge in [-0.15, -0.1) is 0 Å². The number of nitrogens with zero attached hydrogens (tertiary/aromatic N) is 6. The number of benzene rings is 4. The molecule has 1 N–H and O–H groups in total. The molecule has 0 bridgehead atoms. The fourth-order valence-corrected chi connectivity index (χ4v) is 7.19. The lowest BCUT2D eigenvalue weighted by Crippen LogP contribution is -2.55. The highest BCUT2D eigenvalue weighted by atomic mass is 16.3. The molecule has 6 aromatic rings. The van der Waals surface area contributed by atoms with E-state index in [2.05, 4.69) is 32.4 Å². The summed E-state index contributed by atoms with van der Waals surface area (Å²) in [5.74, 6) is -0.856. The molecule has 2 aliphatic rings. The number of amides is 3. The molecule has 12 heteroatoms. The molecule has 52 heavy (non-hydrogen) atoms. The van der Waals surface area contributed by atoms with E-state index in [0.29, 0.717) is 50.2 Å². The normalized spacial score (nSPS) is 15.4. The van der Waals surface area contributed by atoms with Crippen molar-refractivity contribution in [1.82, 2.24) is 29.9 Å². The zero-order chi connectivity index (χ0) is 35.6. The van der Waals surface area contributed by atoms with E-state index >= 15 is 0 Å². The van der Waals surface area contributed by atoms with Crippen LogP contribution in [0.25, 0.3) is 27.4 Å². The highest BCUT2D eigenvalue weighted by Gasteiger charge is 2.31. The van der Waals surface area contributed by atoms with Crippen LogP contribution < -0.4 is 15.6 Å². The monoisotopic (exact) mass is 695 g/mol. The van der Waals surface area contributed by atoms with Gasteiger partial charge in [-0.2, -0.15) is 5.10 Å². The Morgan fingerprint density at radius 3 is 2.44 bits per heavy atom. The summed E-state index contributed by atoms with van der Waals surface area (Å²) in [5.41, 5.74) is 3.52. The first-order valence-electron chi connectivity index (χ1n) is 17.5. The molecular weight excluding hydrogens is 658 g/mol. The van der Waals surface area contributed by atoms with Gasteiger partial charge in [0.1, 0.15) is 24.3 Å². The number of piperazine rings is 1. The van der Waals surface area contributed by atoms with Crippen LogP contribution in [0.2, 0.25) is 0 Å². The summed E-state index contributed by atoms with van der Waals surface area (Å²) in [5, 5.41) is 9.42. The first kappa shape index (κ1) is 32.9. The lowest BCUT2D eigenvalue weighted by molar-refractivity contribution is -0.133. The van der Waals surface area contributed by atoms with E-state index < -0.39 is 17.4 Å². The van der Waals surface area contributed by atoms with Crippen molar-refractivity contribution in [2.24, 2.45) is 0 Å². The number of nitrogens with one attached hydrogen (secondary N) is 1. The molecule has 0 unspecified atom stereocenters. The molecule has 0 spiro atoms. The lowest BCUT2D eigenvalue weighted by Gasteiger charge is -2.38. The lowest BCUT2D eigenvalue weighted by atomic mass is 10.0. The zero-order valence-corrected chi connectivity index (χ0v) is 28.5. The molecule has 262 valence electrons. The fraction of sp³-hybridized carbons (Fsp3) is 0.250. The Hall–Kier alpha value is -6.30. The molecule has 2 aliphatic heterocycles. The van der Waals surface area contributed by atoms with Crippen LogP contribution in [-0.2, 0) is 22.6 Å². The van der Waals surface area contributed by atoms with Crippen molar-refractivity contribution < 1.29 is 18.8 Å². The fourth-order valence-electron chi connectivity index (χ4n) is 7.19. The van der Waals surface area contributed by atoms with E-state index in [0.717, 1.165) is 46.6 Å². The molecule has 2 fully saturated rings. The average molecular weight is 696 g/mol. The Morgan fingerprint density at radius 2 is 1.65 bits per heavy atom. The minimum atomic E-state index is -0.913. The van der Waals surface area contributed by atoms with Gasteiger partial charge in [0.2, 0.25) is 11.8 Å². The van der Waals surface area contributed by atoms with Crippen LogP contribution in [0.3, 0.4) is 0 Å². The van der Waals surface area contributed by atoms with E-state index in [1.165, 1.54) is 17.3 Å². The number of rotatable bonds is 9. The SMILES string of the molecule is O=C(N[C@H](Cc1ccc2ccccc2c1)C(=O)N1CCN(c2ccccc2CN2CCCC2=O)CC1)c1cc(=O)c2cc(-n3cncn3)ccc2o1. The maximum absolute atomic E-state index is 14.3. The van der Waals surface area contributed by atoms with Gasteiger partial charge in [-0.25, -0.2) is 9.67 Å². The Kier molecular flexibility index (Phi) is 8.94. The molecule has 0 aliphatic carbocycles. The summed E-state index contributed by atoms with van der Waals surface area (Å²) < 4.78 is 7.45. The Labute approximate surface area is 299 Å². The van der Waals surface area contributed by atoms with Gasteiger partial charge >= 0.3 is 0 Å². The van der Waals surface area contributed by atoms with Gasteiger partial charge in [0.05, 0.1) is 11.1 Å². The second kappa shape index (κ2) is 14.1. The van der Waals surface area contributed by atoms with Crippen molar-refractivity contribution in [2.75, 3.05) is 37.6 Å². The number of hydrogen-bond donors (Lipinski definition) is 1. The number of fused-ring (bicyclic) bond motifs is 2. The summed E-state index contributed by atoms with van der Waals surface area (Å²) in [6, 6.07) is 27.3. The van der Waals surface area contributed by atoms with Crippen molar-refractivity contribution in [2.45, 2.75) is 31.8 Å². The number of aromatic nitrogens is 3. The van der Waals surface area contributed by atoms with Crippen molar-refractivity contribution >= 4 is 45.2 Å². The average Bonchev–Trinajstić information content (AvgIpc) is 3.87. The van der Waals surface area contributed by atoms with Crippen LogP contribution in [0.1, 0.15) is 34.5 Å². The largest absolute Gasteiger partial charge is 0.451 e. The van der Waals surface area contributed by atoms with Gasteiger partial charge in [-0.05, 0) is 52.6 Å². The molecule has 4 aromatic carbocycles. The third-order valence-electron chi connectivity index (χ3n) is 9.93. The molecule has 8 rings (SSSR count). The third kappa shape index (κ3) is 6.74. The molecule has 12 nitrogen and oxygen atoms in total. The number of para-hydroxylation sites is 1. The summed E-state index contributed by atoms with van der Waals surface area (Å²) in [6.45, 7) is 3.46. The number of hydrogen-bond acceptors (Lipinski definition) is 8. The molecule has 1 atom stereocenters.